The van der Waals surface area contributed by atoms with Gasteiger partial charge in [-0.05, 0) is 44.9 Å². The predicted octanol–water partition coefficient (Wildman–Crippen LogP) is 4.01. The van der Waals surface area contributed by atoms with Crippen LogP contribution >= 0.6 is 31.9 Å². The highest BCUT2D eigenvalue weighted by atomic mass is 79.9. The SMILES string of the molecule is Brc1ccc2cc3nc(Br)cn3cc2c1. The Bertz CT molecular complexity index is 658. The highest BCUT2D eigenvalue weighted by molar-refractivity contribution is 9.10. The lowest BCUT2D eigenvalue weighted by atomic mass is 10.2. The van der Waals surface area contributed by atoms with Crippen LogP contribution in [-0.2, 0) is 0 Å². The minimum Gasteiger partial charge on any atom is -0.305 e. The maximum absolute atomic E-state index is 4.35. The average molecular weight is 326 g/mol. The van der Waals surface area contributed by atoms with Crippen LogP contribution in [0.1, 0.15) is 0 Å². The molecule has 74 valence electrons. The molecule has 0 atom stereocenters. The number of hydrogen-bond donors (Lipinski definition) is 0. The van der Waals surface area contributed by atoms with E-state index in [1.54, 1.807) is 0 Å². The fourth-order valence-corrected chi connectivity index (χ4v) is 2.45. The fraction of sp³-hybridized carbons (Fsp3) is 0. The summed E-state index contributed by atoms with van der Waals surface area (Å²) in [4.78, 5) is 4.35. The van der Waals surface area contributed by atoms with Crippen molar-refractivity contribution in [1.82, 2.24) is 9.38 Å². The van der Waals surface area contributed by atoms with E-state index in [0.717, 1.165) is 14.7 Å². The van der Waals surface area contributed by atoms with Gasteiger partial charge in [-0.1, -0.05) is 22.0 Å². The highest BCUT2D eigenvalue weighted by Crippen LogP contribution is 2.22. The molecule has 0 spiro atoms. The number of fused-ring (bicyclic) bond motifs is 2. The summed E-state index contributed by atoms with van der Waals surface area (Å²) in [6, 6.07) is 8.30. The maximum Gasteiger partial charge on any atom is 0.138 e. The Morgan fingerprint density at radius 1 is 1.00 bits per heavy atom. The first-order valence-corrected chi connectivity index (χ1v) is 6.04. The third-order valence-corrected chi connectivity index (χ3v) is 3.22. The van der Waals surface area contributed by atoms with Gasteiger partial charge < -0.3 is 4.40 Å². The molecule has 0 saturated carbocycles. The number of hydrogen-bond acceptors (Lipinski definition) is 1. The van der Waals surface area contributed by atoms with Crippen LogP contribution in [-0.4, -0.2) is 9.38 Å². The molecule has 0 fully saturated rings. The molecular formula is C11H6Br2N2. The Labute approximate surface area is 103 Å². The van der Waals surface area contributed by atoms with Gasteiger partial charge in [0.05, 0.1) is 0 Å². The number of benzene rings is 1. The van der Waals surface area contributed by atoms with Crippen LogP contribution in [0.4, 0.5) is 0 Å². The third kappa shape index (κ3) is 1.58. The molecule has 2 aromatic heterocycles. The van der Waals surface area contributed by atoms with Gasteiger partial charge in [0.1, 0.15) is 10.3 Å². The van der Waals surface area contributed by atoms with Crippen LogP contribution in [0.25, 0.3) is 16.4 Å². The zero-order valence-corrected chi connectivity index (χ0v) is 10.8. The summed E-state index contributed by atoms with van der Waals surface area (Å²) in [7, 11) is 0. The quantitative estimate of drug-likeness (QED) is 0.610. The van der Waals surface area contributed by atoms with E-state index in [-0.39, 0.29) is 0 Å². The molecule has 4 heteroatoms. The summed E-state index contributed by atoms with van der Waals surface area (Å²) < 4.78 is 3.96. The average Bonchev–Trinajstić information content (AvgIpc) is 2.53. The summed E-state index contributed by atoms with van der Waals surface area (Å²) in [6.07, 6.45) is 4.03. The van der Waals surface area contributed by atoms with Crippen molar-refractivity contribution in [2.45, 2.75) is 0 Å². The van der Waals surface area contributed by atoms with Gasteiger partial charge in [0.25, 0.3) is 0 Å². The van der Waals surface area contributed by atoms with Crippen molar-refractivity contribution in [2.75, 3.05) is 0 Å². The van der Waals surface area contributed by atoms with Gasteiger partial charge in [-0.2, -0.15) is 0 Å². The second-order valence-electron chi connectivity index (χ2n) is 3.38. The Morgan fingerprint density at radius 2 is 1.87 bits per heavy atom. The van der Waals surface area contributed by atoms with Gasteiger partial charge >= 0.3 is 0 Å². The number of pyridine rings is 1. The number of halogens is 2. The summed E-state index contributed by atoms with van der Waals surface area (Å²) in [5.74, 6) is 0. The molecule has 0 radical (unpaired) electrons. The van der Waals surface area contributed by atoms with E-state index in [1.165, 1.54) is 10.8 Å². The lowest BCUT2D eigenvalue weighted by Crippen LogP contribution is -1.83. The first-order valence-electron chi connectivity index (χ1n) is 4.46. The first-order chi connectivity index (χ1) is 7.22. The molecule has 15 heavy (non-hydrogen) atoms. The Balaban J connectivity index is 2.46. The van der Waals surface area contributed by atoms with E-state index in [1.807, 2.05) is 16.7 Å². The highest BCUT2D eigenvalue weighted by Gasteiger charge is 2.01. The topological polar surface area (TPSA) is 17.3 Å². The molecule has 0 amide bonds. The largest absolute Gasteiger partial charge is 0.305 e. The van der Waals surface area contributed by atoms with Crippen molar-refractivity contribution >= 4 is 48.3 Å². The van der Waals surface area contributed by atoms with Gasteiger partial charge in [-0.3, -0.25) is 0 Å². The summed E-state index contributed by atoms with van der Waals surface area (Å²) in [5, 5.41) is 2.39. The van der Waals surface area contributed by atoms with E-state index < -0.39 is 0 Å². The van der Waals surface area contributed by atoms with Crippen LogP contribution < -0.4 is 0 Å². The van der Waals surface area contributed by atoms with Crippen LogP contribution in [0.5, 0.6) is 0 Å². The van der Waals surface area contributed by atoms with Gasteiger partial charge in [-0.15, -0.1) is 0 Å². The molecule has 0 aliphatic rings. The number of nitrogens with zero attached hydrogens (tertiary/aromatic N) is 2. The van der Waals surface area contributed by atoms with Crippen molar-refractivity contribution in [3.05, 3.63) is 45.7 Å². The Kier molecular flexibility index (Phi) is 2.07. The van der Waals surface area contributed by atoms with Gasteiger partial charge in [0, 0.05) is 16.9 Å². The Hall–Kier alpha value is -0.870. The molecule has 0 unspecified atom stereocenters. The molecule has 0 aliphatic carbocycles. The molecular weight excluding hydrogens is 320 g/mol. The third-order valence-electron chi connectivity index (χ3n) is 2.34. The summed E-state index contributed by atoms with van der Waals surface area (Å²) >= 11 is 6.84. The minimum absolute atomic E-state index is 0.858. The van der Waals surface area contributed by atoms with Crippen LogP contribution in [0.15, 0.2) is 45.7 Å². The van der Waals surface area contributed by atoms with E-state index in [2.05, 4.69) is 61.2 Å². The van der Waals surface area contributed by atoms with Gasteiger partial charge in [0.2, 0.25) is 0 Å². The van der Waals surface area contributed by atoms with Gasteiger partial charge in [0.15, 0.2) is 0 Å². The van der Waals surface area contributed by atoms with Crippen molar-refractivity contribution in [3.8, 4) is 0 Å². The van der Waals surface area contributed by atoms with E-state index in [0.29, 0.717) is 0 Å². The first kappa shape index (κ1) is 9.36. The molecule has 3 rings (SSSR count). The number of imidazole rings is 1. The summed E-state index contributed by atoms with van der Waals surface area (Å²) in [5.41, 5.74) is 0.955. The van der Waals surface area contributed by atoms with Crippen molar-refractivity contribution in [2.24, 2.45) is 0 Å². The smallest absolute Gasteiger partial charge is 0.138 e. The van der Waals surface area contributed by atoms with E-state index in [9.17, 15) is 0 Å². The lowest BCUT2D eigenvalue weighted by Gasteiger charge is -1.99. The van der Waals surface area contributed by atoms with Crippen molar-refractivity contribution in [1.29, 1.82) is 0 Å². The maximum atomic E-state index is 4.35. The van der Waals surface area contributed by atoms with Crippen LogP contribution in [0.2, 0.25) is 0 Å². The van der Waals surface area contributed by atoms with Crippen molar-refractivity contribution < 1.29 is 0 Å². The zero-order chi connectivity index (χ0) is 10.4. The zero-order valence-electron chi connectivity index (χ0n) is 7.61. The van der Waals surface area contributed by atoms with Gasteiger partial charge in [-0.25, -0.2) is 4.98 Å². The lowest BCUT2D eigenvalue weighted by molar-refractivity contribution is 1.21. The van der Waals surface area contributed by atoms with Crippen molar-refractivity contribution in [3.63, 3.8) is 0 Å². The predicted molar refractivity (Wildman–Crippen MR) is 68.1 cm³/mol. The van der Waals surface area contributed by atoms with E-state index >= 15 is 0 Å². The number of aromatic nitrogens is 2. The Morgan fingerprint density at radius 3 is 2.73 bits per heavy atom. The number of rotatable bonds is 0. The molecule has 0 saturated heterocycles. The normalized spacial score (nSPS) is 11.3. The fourth-order valence-electron chi connectivity index (χ4n) is 1.66. The molecule has 1 aromatic carbocycles. The molecule has 0 aliphatic heterocycles. The van der Waals surface area contributed by atoms with Crippen LogP contribution in [0, 0.1) is 0 Å². The molecule has 0 bridgehead atoms. The molecule has 3 aromatic rings. The molecule has 0 N–H and O–H groups in total. The van der Waals surface area contributed by atoms with Crippen LogP contribution in [0.3, 0.4) is 0 Å². The van der Waals surface area contributed by atoms with E-state index in [4.69, 9.17) is 0 Å². The second kappa shape index (κ2) is 3.32. The molecule has 2 heterocycles. The second-order valence-corrected chi connectivity index (χ2v) is 5.10. The summed E-state index contributed by atoms with van der Waals surface area (Å²) in [6.45, 7) is 0. The standard InChI is InChI=1S/C11H6Br2N2/c12-9-2-1-7-4-11-14-10(13)6-15(11)5-8(7)3-9/h1-6H. The minimum atomic E-state index is 0.858. The molecule has 2 nitrogen and oxygen atoms in total. The monoisotopic (exact) mass is 324 g/mol.